The number of hydrogen-bond acceptors (Lipinski definition) is 5. The predicted molar refractivity (Wildman–Crippen MR) is 99.8 cm³/mol. The molecule has 0 spiro atoms. The molecule has 4 aromatic heterocycles. The molecule has 4 heterocycles. The Bertz CT molecular complexity index is 1190. The summed E-state index contributed by atoms with van der Waals surface area (Å²) in [4.78, 5) is 13.0. The van der Waals surface area contributed by atoms with Crippen LogP contribution in [0.1, 0.15) is 5.56 Å². The van der Waals surface area contributed by atoms with Gasteiger partial charge in [0.1, 0.15) is 11.9 Å². The summed E-state index contributed by atoms with van der Waals surface area (Å²) in [7, 11) is 0. The van der Waals surface area contributed by atoms with Crippen molar-refractivity contribution in [3.05, 3.63) is 79.3 Å². The number of aromatic nitrogens is 4. The van der Waals surface area contributed by atoms with Crippen LogP contribution in [-0.2, 0) is 6.54 Å². The zero-order valence-corrected chi connectivity index (χ0v) is 13.8. The van der Waals surface area contributed by atoms with Crippen molar-refractivity contribution in [1.82, 2.24) is 19.4 Å². The highest BCUT2D eigenvalue weighted by atomic mass is 16.3. The Balaban J connectivity index is 1.51. The number of anilines is 1. The van der Waals surface area contributed by atoms with Gasteiger partial charge in [0.25, 0.3) is 0 Å². The standard InChI is InChI=1S/C20H15N5O/c1-2-15(16-6-9-26-19(16)3-1)10-23-20-24-11-17(14-4-7-21-8-5-14)18-12-22-13-25(18)20/h1-9,11-13H,10H2,(H,23,24). The highest BCUT2D eigenvalue weighted by Crippen LogP contribution is 2.26. The molecular weight excluding hydrogens is 326 g/mol. The molecule has 0 unspecified atom stereocenters. The van der Waals surface area contributed by atoms with E-state index in [-0.39, 0.29) is 0 Å². The van der Waals surface area contributed by atoms with Crippen LogP contribution in [0.3, 0.4) is 0 Å². The van der Waals surface area contributed by atoms with Crippen LogP contribution in [0.5, 0.6) is 0 Å². The lowest BCUT2D eigenvalue weighted by molar-refractivity contribution is 0.616. The first-order valence-corrected chi connectivity index (χ1v) is 8.30. The third-order valence-electron chi connectivity index (χ3n) is 4.47. The highest BCUT2D eigenvalue weighted by molar-refractivity contribution is 5.82. The van der Waals surface area contributed by atoms with Gasteiger partial charge in [0.15, 0.2) is 0 Å². The van der Waals surface area contributed by atoms with E-state index in [1.165, 1.54) is 0 Å². The predicted octanol–water partition coefficient (Wildman–Crippen LogP) is 4.15. The number of rotatable bonds is 4. The maximum Gasteiger partial charge on any atom is 0.208 e. The molecule has 0 aliphatic carbocycles. The number of benzene rings is 1. The molecule has 0 fully saturated rings. The second kappa shape index (κ2) is 6.00. The average Bonchev–Trinajstić information content (AvgIpc) is 3.36. The van der Waals surface area contributed by atoms with E-state index in [0.717, 1.165) is 39.1 Å². The Morgan fingerprint density at radius 1 is 1.00 bits per heavy atom. The third-order valence-corrected chi connectivity index (χ3v) is 4.47. The van der Waals surface area contributed by atoms with Crippen LogP contribution in [0.25, 0.3) is 27.6 Å². The van der Waals surface area contributed by atoms with Gasteiger partial charge in [0.05, 0.1) is 18.0 Å². The van der Waals surface area contributed by atoms with Crippen LogP contribution < -0.4 is 5.32 Å². The van der Waals surface area contributed by atoms with Crippen LogP contribution in [0.15, 0.2) is 78.2 Å². The molecule has 6 heteroatoms. The number of pyridine rings is 1. The molecule has 5 rings (SSSR count). The second-order valence-corrected chi connectivity index (χ2v) is 5.98. The SMILES string of the molecule is c1cc(CNc2ncc(-c3ccncc3)c3cncn23)c2ccoc2c1. The Hall–Kier alpha value is -3.67. The number of furan rings is 1. The zero-order chi connectivity index (χ0) is 17.3. The molecule has 0 aliphatic heterocycles. The first-order chi connectivity index (χ1) is 12.9. The van der Waals surface area contributed by atoms with Gasteiger partial charge in [-0.1, -0.05) is 12.1 Å². The third kappa shape index (κ3) is 2.39. The van der Waals surface area contributed by atoms with Crippen molar-refractivity contribution >= 4 is 22.4 Å². The van der Waals surface area contributed by atoms with Crippen molar-refractivity contribution in [3.8, 4) is 11.1 Å². The molecule has 5 aromatic rings. The summed E-state index contributed by atoms with van der Waals surface area (Å²) in [5.74, 6) is 0.746. The molecule has 126 valence electrons. The van der Waals surface area contributed by atoms with Crippen LogP contribution >= 0.6 is 0 Å². The van der Waals surface area contributed by atoms with Gasteiger partial charge in [-0.05, 0) is 35.4 Å². The monoisotopic (exact) mass is 341 g/mol. The van der Waals surface area contributed by atoms with Crippen molar-refractivity contribution < 1.29 is 4.42 Å². The number of nitrogens with one attached hydrogen (secondary N) is 1. The van der Waals surface area contributed by atoms with Gasteiger partial charge in [-0.25, -0.2) is 9.97 Å². The Kier molecular flexibility index (Phi) is 3.38. The molecular formula is C20H15N5O. The molecule has 0 saturated heterocycles. The van der Waals surface area contributed by atoms with Crippen LogP contribution in [0.2, 0.25) is 0 Å². The van der Waals surface area contributed by atoms with E-state index >= 15 is 0 Å². The van der Waals surface area contributed by atoms with Crippen molar-refractivity contribution in [2.45, 2.75) is 6.54 Å². The van der Waals surface area contributed by atoms with Gasteiger partial charge in [0.2, 0.25) is 5.95 Å². The van der Waals surface area contributed by atoms with Crippen LogP contribution in [0.4, 0.5) is 5.95 Å². The van der Waals surface area contributed by atoms with E-state index in [2.05, 4.69) is 26.3 Å². The van der Waals surface area contributed by atoms with Crippen molar-refractivity contribution in [2.75, 3.05) is 5.32 Å². The Morgan fingerprint density at radius 2 is 1.92 bits per heavy atom. The smallest absolute Gasteiger partial charge is 0.208 e. The molecule has 6 nitrogen and oxygen atoms in total. The summed E-state index contributed by atoms with van der Waals surface area (Å²) in [6, 6.07) is 12.0. The minimum Gasteiger partial charge on any atom is -0.464 e. The summed E-state index contributed by atoms with van der Waals surface area (Å²) < 4.78 is 7.43. The number of imidazole rings is 1. The minimum absolute atomic E-state index is 0.645. The molecule has 26 heavy (non-hydrogen) atoms. The molecule has 0 saturated carbocycles. The molecule has 0 atom stereocenters. The minimum atomic E-state index is 0.645. The molecule has 0 bridgehead atoms. The number of fused-ring (bicyclic) bond motifs is 2. The fourth-order valence-corrected chi connectivity index (χ4v) is 3.19. The van der Waals surface area contributed by atoms with Gasteiger partial charge in [-0.15, -0.1) is 0 Å². The van der Waals surface area contributed by atoms with Gasteiger partial charge >= 0.3 is 0 Å². The van der Waals surface area contributed by atoms with Crippen molar-refractivity contribution in [1.29, 1.82) is 0 Å². The molecule has 1 N–H and O–H groups in total. The number of nitrogens with zero attached hydrogens (tertiary/aromatic N) is 4. The Morgan fingerprint density at radius 3 is 2.85 bits per heavy atom. The molecule has 0 aliphatic rings. The van der Waals surface area contributed by atoms with Gasteiger partial charge in [0, 0.05) is 36.1 Å². The Labute approximate surface area is 149 Å². The van der Waals surface area contributed by atoms with E-state index in [4.69, 9.17) is 4.42 Å². The summed E-state index contributed by atoms with van der Waals surface area (Å²) in [6.45, 7) is 0.645. The highest BCUT2D eigenvalue weighted by Gasteiger charge is 2.10. The summed E-state index contributed by atoms with van der Waals surface area (Å²) in [5, 5.41) is 4.52. The van der Waals surface area contributed by atoms with Gasteiger partial charge < -0.3 is 9.73 Å². The second-order valence-electron chi connectivity index (χ2n) is 5.98. The lowest BCUT2D eigenvalue weighted by Gasteiger charge is -2.11. The fourth-order valence-electron chi connectivity index (χ4n) is 3.19. The van der Waals surface area contributed by atoms with Gasteiger partial charge in [-0.2, -0.15) is 0 Å². The van der Waals surface area contributed by atoms with Crippen molar-refractivity contribution in [3.63, 3.8) is 0 Å². The summed E-state index contributed by atoms with van der Waals surface area (Å²) in [6.07, 6.45) is 10.8. The lowest BCUT2D eigenvalue weighted by Crippen LogP contribution is -2.06. The zero-order valence-electron chi connectivity index (χ0n) is 13.8. The fraction of sp³-hybridized carbons (Fsp3) is 0.0500. The quantitative estimate of drug-likeness (QED) is 0.532. The maximum atomic E-state index is 5.47. The lowest BCUT2D eigenvalue weighted by atomic mass is 10.1. The largest absolute Gasteiger partial charge is 0.464 e. The summed E-state index contributed by atoms with van der Waals surface area (Å²) in [5.41, 5.74) is 5.12. The van der Waals surface area contributed by atoms with Gasteiger partial charge in [-0.3, -0.25) is 9.38 Å². The summed E-state index contributed by atoms with van der Waals surface area (Å²) >= 11 is 0. The van der Waals surface area contributed by atoms with Crippen LogP contribution in [-0.4, -0.2) is 19.4 Å². The first-order valence-electron chi connectivity index (χ1n) is 8.30. The van der Waals surface area contributed by atoms with Crippen molar-refractivity contribution in [2.24, 2.45) is 0 Å². The van der Waals surface area contributed by atoms with Crippen LogP contribution in [0, 0.1) is 0 Å². The first kappa shape index (κ1) is 14.7. The van der Waals surface area contributed by atoms with E-state index in [1.54, 1.807) is 25.0 Å². The van der Waals surface area contributed by atoms with E-state index in [9.17, 15) is 0 Å². The average molecular weight is 341 g/mol. The van der Waals surface area contributed by atoms with E-state index in [0.29, 0.717) is 6.54 Å². The molecule has 1 aromatic carbocycles. The number of hydrogen-bond donors (Lipinski definition) is 1. The molecule has 0 amide bonds. The van der Waals surface area contributed by atoms with E-state index < -0.39 is 0 Å². The molecule has 0 radical (unpaired) electrons. The van der Waals surface area contributed by atoms with E-state index in [1.807, 2.05) is 47.1 Å². The normalized spacial score (nSPS) is 11.2. The maximum absolute atomic E-state index is 5.47. The topological polar surface area (TPSA) is 68.2 Å².